The largest absolute Gasteiger partial charge is 0.378 e. The van der Waals surface area contributed by atoms with Gasteiger partial charge in [0.2, 0.25) is 0 Å². The van der Waals surface area contributed by atoms with Crippen LogP contribution in [0.1, 0.15) is 22.0 Å². The molecule has 1 atom stereocenters. The Balaban J connectivity index is 1.94. The van der Waals surface area contributed by atoms with Crippen LogP contribution in [0.5, 0.6) is 0 Å². The third-order valence-corrected chi connectivity index (χ3v) is 3.91. The van der Waals surface area contributed by atoms with Crippen LogP contribution in [0.2, 0.25) is 0 Å². The van der Waals surface area contributed by atoms with Gasteiger partial charge in [-0.1, -0.05) is 18.2 Å². The second-order valence-corrected chi connectivity index (χ2v) is 5.11. The van der Waals surface area contributed by atoms with E-state index in [1.54, 1.807) is 0 Å². The number of thiophene rings is 1. The molecular weight excluding hydrogens is 202 g/mol. The van der Waals surface area contributed by atoms with Crippen LogP contribution in [0.3, 0.4) is 0 Å². The number of benzene rings is 1. The Hall–Kier alpha value is -1.28. The van der Waals surface area contributed by atoms with E-state index in [1.165, 1.54) is 21.7 Å². The molecule has 2 aromatic rings. The summed E-state index contributed by atoms with van der Waals surface area (Å²) in [5, 5.41) is 5.76. The lowest BCUT2D eigenvalue weighted by atomic mass is 10.0. The maximum absolute atomic E-state index is 3.58. The first-order valence-corrected chi connectivity index (χ1v) is 6.11. The quantitative estimate of drug-likeness (QED) is 0.763. The molecule has 1 aliphatic rings. The van der Waals surface area contributed by atoms with Crippen LogP contribution in [-0.2, 0) is 6.42 Å². The van der Waals surface area contributed by atoms with Gasteiger partial charge in [-0.15, -0.1) is 11.3 Å². The zero-order valence-electron chi connectivity index (χ0n) is 8.66. The first-order chi connectivity index (χ1) is 7.34. The molecule has 15 heavy (non-hydrogen) atoms. The zero-order chi connectivity index (χ0) is 10.3. The summed E-state index contributed by atoms with van der Waals surface area (Å²) in [6, 6.07) is 11.3. The summed E-state index contributed by atoms with van der Waals surface area (Å²) in [7, 11) is 0. The lowest BCUT2D eigenvalue weighted by Crippen LogP contribution is -2.05. The molecule has 0 spiro atoms. The Labute approximate surface area is 93.8 Å². The van der Waals surface area contributed by atoms with E-state index in [4.69, 9.17) is 0 Å². The third kappa shape index (κ3) is 1.45. The Kier molecular flexibility index (Phi) is 2.03. The molecule has 2 heteroatoms. The minimum Gasteiger partial charge on any atom is -0.378 e. The third-order valence-electron chi connectivity index (χ3n) is 3.05. The van der Waals surface area contributed by atoms with Gasteiger partial charge >= 0.3 is 0 Å². The molecule has 1 aromatic carbocycles. The van der Waals surface area contributed by atoms with Crippen LogP contribution in [0.25, 0.3) is 0 Å². The van der Waals surface area contributed by atoms with Gasteiger partial charge in [0, 0.05) is 10.6 Å². The molecule has 1 aromatic heterocycles. The van der Waals surface area contributed by atoms with Gasteiger partial charge in [-0.2, -0.15) is 0 Å². The fourth-order valence-corrected chi connectivity index (χ4v) is 3.01. The van der Waals surface area contributed by atoms with Crippen molar-refractivity contribution < 1.29 is 0 Å². The van der Waals surface area contributed by atoms with E-state index in [9.17, 15) is 0 Å². The lowest BCUT2D eigenvalue weighted by molar-refractivity contribution is 0.822. The van der Waals surface area contributed by atoms with Crippen LogP contribution in [-0.4, -0.2) is 0 Å². The van der Waals surface area contributed by atoms with E-state index in [2.05, 4.69) is 48.0 Å². The summed E-state index contributed by atoms with van der Waals surface area (Å²) in [5.74, 6) is 0. The van der Waals surface area contributed by atoms with E-state index in [0.29, 0.717) is 6.04 Å². The van der Waals surface area contributed by atoms with Gasteiger partial charge in [-0.05, 0) is 42.0 Å². The Bertz CT molecular complexity index is 462. The number of fused-ring (bicyclic) bond motifs is 1. The monoisotopic (exact) mass is 215 g/mol. The Morgan fingerprint density at radius 2 is 2.13 bits per heavy atom. The molecule has 2 heterocycles. The predicted molar refractivity (Wildman–Crippen MR) is 65.6 cm³/mol. The fourth-order valence-electron chi connectivity index (χ4n) is 2.24. The van der Waals surface area contributed by atoms with Gasteiger partial charge < -0.3 is 5.32 Å². The Morgan fingerprint density at radius 3 is 2.87 bits per heavy atom. The second-order valence-electron chi connectivity index (χ2n) is 3.99. The van der Waals surface area contributed by atoms with Crippen molar-refractivity contribution in [3.05, 3.63) is 51.7 Å². The predicted octanol–water partition coefficient (Wildman–Crippen LogP) is 3.77. The summed E-state index contributed by atoms with van der Waals surface area (Å²) in [5.41, 5.74) is 4.19. The summed E-state index contributed by atoms with van der Waals surface area (Å²) < 4.78 is 0. The Morgan fingerprint density at radius 1 is 1.27 bits per heavy atom. The molecule has 0 radical (unpaired) electrons. The van der Waals surface area contributed by atoms with Crippen molar-refractivity contribution in [2.45, 2.75) is 19.4 Å². The summed E-state index contributed by atoms with van der Waals surface area (Å²) in [6.07, 6.45) is 1.12. The van der Waals surface area contributed by atoms with Crippen molar-refractivity contribution in [3.63, 3.8) is 0 Å². The number of para-hydroxylation sites is 1. The van der Waals surface area contributed by atoms with E-state index >= 15 is 0 Å². The van der Waals surface area contributed by atoms with E-state index < -0.39 is 0 Å². The highest BCUT2D eigenvalue weighted by Crippen LogP contribution is 2.36. The molecule has 0 aliphatic carbocycles. The highest BCUT2D eigenvalue weighted by molar-refractivity contribution is 7.10. The van der Waals surface area contributed by atoms with Crippen LogP contribution in [0, 0.1) is 6.92 Å². The maximum atomic E-state index is 3.58. The molecule has 0 fully saturated rings. The van der Waals surface area contributed by atoms with Gasteiger partial charge in [-0.3, -0.25) is 0 Å². The molecule has 0 bridgehead atoms. The van der Waals surface area contributed by atoms with E-state index in [-0.39, 0.29) is 0 Å². The molecular formula is C13H13NS. The number of hydrogen-bond acceptors (Lipinski definition) is 2. The summed E-state index contributed by atoms with van der Waals surface area (Å²) >= 11 is 1.83. The van der Waals surface area contributed by atoms with Crippen molar-refractivity contribution in [1.82, 2.24) is 0 Å². The van der Waals surface area contributed by atoms with Gasteiger partial charge in [0.1, 0.15) is 0 Å². The molecule has 76 valence electrons. The smallest absolute Gasteiger partial charge is 0.0565 e. The van der Waals surface area contributed by atoms with Crippen LogP contribution >= 0.6 is 11.3 Å². The number of rotatable bonds is 1. The molecule has 1 nitrogen and oxygen atoms in total. The minimum absolute atomic E-state index is 0.480. The molecule has 0 amide bonds. The summed E-state index contributed by atoms with van der Waals surface area (Å²) in [6.45, 7) is 2.20. The second kappa shape index (κ2) is 3.38. The number of nitrogens with one attached hydrogen (secondary N) is 1. The van der Waals surface area contributed by atoms with Gasteiger partial charge in [0.15, 0.2) is 0 Å². The maximum Gasteiger partial charge on any atom is 0.0565 e. The number of anilines is 1. The van der Waals surface area contributed by atoms with Crippen LogP contribution in [0.15, 0.2) is 35.7 Å². The minimum atomic E-state index is 0.480. The highest BCUT2D eigenvalue weighted by atomic mass is 32.1. The van der Waals surface area contributed by atoms with Crippen molar-refractivity contribution >= 4 is 17.0 Å². The molecule has 1 N–H and O–H groups in total. The SMILES string of the molecule is Cc1sccc1C1Cc2ccccc2N1. The molecule has 1 aliphatic heterocycles. The van der Waals surface area contributed by atoms with Crippen molar-refractivity contribution in [3.8, 4) is 0 Å². The number of aryl methyl sites for hydroxylation is 1. The van der Waals surface area contributed by atoms with Crippen molar-refractivity contribution in [2.24, 2.45) is 0 Å². The van der Waals surface area contributed by atoms with Crippen molar-refractivity contribution in [2.75, 3.05) is 5.32 Å². The van der Waals surface area contributed by atoms with E-state index in [0.717, 1.165) is 6.42 Å². The molecule has 1 unspecified atom stereocenters. The van der Waals surface area contributed by atoms with E-state index in [1.807, 2.05) is 11.3 Å². The van der Waals surface area contributed by atoms with Crippen LogP contribution in [0.4, 0.5) is 5.69 Å². The van der Waals surface area contributed by atoms with Gasteiger partial charge in [0.25, 0.3) is 0 Å². The average Bonchev–Trinajstić information content (AvgIpc) is 2.82. The zero-order valence-corrected chi connectivity index (χ0v) is 9.47. The first-order valence-electron chi connectivity index (χ1n) is 5.23. The number of hydrogen-bond donors (Lipinski definition) is 1. The topological polar surface area (TPSA) is 12.0 Å². The highest BCUT2D eigenvalue weighted by Gasteiger charge is 2.22. The van der Waals surface area contributed by atoms with Gasteiger partial charge in [-0.25, -0.2) is 0 Å². The lowest BCUT2D eigenvalue weighted by Gasteiger charge is -2.10. The fraction of sp³-hybridized carbons (Fsp3) is 0.231. The van der Waals surface area contributed by atoms with Crippen LogP contribution < -0.4 is 5.32 Å². The van der Waals surface area contributed by atoms with Gasteiger partial charge in [0.05, 0.1) is 6.04 Å². The molecule has 0 saturated carbocycles. The molecule has 3 rings (SSSR count). The van der Waals surface area contributed by atoms with Crippen molar-refractivity contribution in [1.29, 1.82) is 0 Å². The average molecular weight is 215 g/mol. The summed E-state index contributed by atoms with van der Waals surface area (Å²) in [4.78, 5) is 1.43. The molecule has 0 saturated heterocycles. The standard InChI is InChI=1S/C13H13NS/c1-9-11(6-7-15-9)13-8-10-4-2-3-5-12(10)14-13/h2-7,13-14H,8H2,1H3. The normalized spacial score (nSPS) is 18.6. The first kappa shape index (κ1) is 8.98.